The normalized spacial score (nSPS) is 10.5. The van der Waals surface area contributed by atoms with Crippen molar-refractivity contribution in [3.8, 4) is 0 Å². The molecule has 0 bridgehead atoms. The summed E-state index contributed by atoms with van der Waals surface area (Å²) in [6, 6.07) is 14.0. The monoisotopic (exact) mass is 298 g/mol. The Bertz CT molecular complexity index is 662. The Balaban J connectivity index is 2.13. The lowest BCUT2D eigenvalue weighted by atomic mass is 10.0. The van der Waals surface area contributed by atoms with E-state index in [2.05, 4.69) is 5.32 Å². The van der Waals surface area contributed by atoms with Gasteiger partial charge in [0.15, 0.2) is 0 Å². The molecule has 2 amide bonds. The molecule has 2 aromatic rings. The summed E-state index contributed by atoms with van der Waals surface area (Å²) in [6.45, 7) is 4.98. The Morgan fingerprint density at radius 2 is 1.77 bits per heavy atom. The Labute approximate surface area is 131 Å². The van der Waals surface area contributed by atoms with Crippen molar-refractivity contribution in [2.45, 2.75) is 20.3 Å². The molecule has 2 aromatic carbocycles. The van der Waals surface area contributed by atoms with E-state index in [-0.39, 0.29) is 18.4 Å². The molecule has 0 heterocycles. The zero-order valence-electron chi connectivity index (χ0n) is 13.1. The summed E-state index contributed by atoms with van der Waals surface area (Å²) in [5.41, 5.74) is 0.998. The third-order valence-corrected chi connectivity index (χ3v) is 3.66. The minimum atomic E-state index is -0.115. The molecule has 1 N–H and O–H groups in total. The summed E-state index contributed by atoms with van der Waals surface area (Å²) in [6.07, 6.45) is 0.314. The highest BCUT2D eigenvalue weighted by Crippen LogP contribution is 2.19. The molecular formula is C18H22N2O2. The van der Waals surface area contributed by atoms with Crippen molar-refractivity contribution in [1.29, 1.82) is 0 Å². The van der Waals surface area contributed by atoms with E-state index in [1.165, 1.54) is 0 Å². The molecule has 0 aliphatic rings. The zero-order valence-corrected chi connectivity index (χ0v) is 13.1. The number of rotatable bonds is 6. The summed E-state index contributed by atoms with van der Waals surface area (Å²) in [7, 11) is 0. The number of nitrogens with one attached hydrogen (secondary N) is 1. The average molecular weight is 298 g/mol. The van der Waals surface area contributed by atoms with Gasteiger partial charge in [-0.25, -0.2) is 0 Å². The van der Waals surface area contributed by atoms with Gasteiger partial charge in [0.2, 0.25) is 11.8 Å². The highest BCUT2D eigenvalue weighted by Gasteiger charge is 2.16. The van der Waals surface area contributed by atoms with Crippen LogP contribution in [0.25, 0.3) is 10.8 Å². The summed E-state index contributed by atoms with van der Waals surface area (Å²) in [5.74, 6) is -0.138. The van der Waals surface area contributed by atoms with E-state index in [0.29, 0.717) is 19.5 Å². The van der Waals surface area contributed by atoms with Gasteiger partial charge in [0, 0.05) is 13.1 Å². The summed E-state index contributed by atoms with van der Waals surface area (Å²) in [5, 5.41) is 4.94. The van der Waals surface area contributed by atoms with Crippen LogP contribution in [0, 0.1) is 0 Å². The van der Waals surface area contributed by atoms with Crippen molar-refractivity contribution in [3.05, 3.63) is 48.0 Å². The van der Waals surface area contributed by atoms with Crippen LogP contribution in [0.4, 0.5) is 0 Å². The molecule has 0 fully saturated rings. The van der Waals surface area contributed by atoms with Crippen molar-refractivity contribution >= 4 is 22.6 Å². The maximum atomic E-state index is 12.5. The fourth-order valence-corrected chi connectivity index (χ4v) is 2.52. The molecule has 0 saturated carbocycles. The molecular weight excluding hydrogens is 276 g/mol. The van der Waals surface area contributed by atoms with Gasteiger partial charge in [0.05, 0.1) is 13.0 Å². The lowest BCUT2D eigenvalue weighted by molar-refractivity contribution is -0.135. The molecule has 22 heavy (non-hydrogen) atoms. The Kier molecular flexibility index (Phi) is 5.53. The fraction of sp³-hybridized carbons (Fsp3) is 0.333. The largest absolute Gasteiger partial charge is 0.355 e. The Hall–Kier alpha value is -2.36. The number of fused-ring (bicyclic) bond motifs is 1. The van der Waals surface area contributed by atoms with Gasteiger partial charge in [-0.1, -0.05) is 42.5 Å². The maximum Gasteiger partial charge on any atom is 0.239 e. The first-order chi connectivity index (χ1) is 10.7. The van der Waals surface area contributed by atoms with Crippen LogP contribution < -0.4 is 5.32 Å². The Morgan fingerprint density at radius 1 is 1.05 bits per heavy atom. The van der Waals surface area contributed by atoms with Gasteiger partial charge in [0.1, 0.15) is 0 Å². The molecule has 0 spiro atoms. The van der Waals surface area contributed by atoms with Crippen LogP contribution in [0.3, 0.4) is 0 Å². The zero-order chi connectivity index (χ0) is 15.9. The van der Waals surface area contributed by atoms with Crippen LogP contribution in [-0.4, -0.2) is 36.3 Å². The fourth-order valence-electron chi connectivity index (χ4n) is 2.52. The van der Waals surface area contributed by atoms with Gasteiger partial charge < -0.3 is 10.2 Å². The van der Waals surface area contributed by atoms with Gasteiger partial charge in [-0.3, -0.25) is 9.59 Å². The molecule has 0 aliphatic heterocycles. The number of carbonyl (C=O) groups excluding carboxylic acids is 2. The number of amides is 2. The number of likely N-dealkylation sites (N-methyl/N-ethyl adjacent to an activating group) is 2. The van der Waals surface area contributed by atoms with Crippen LogP contribution in [0.5, 0.6) is 0 Å². The van der Waals surface area contributed by atoms with Gasteiger partial charge in [-0.2, -0.15) is 0 Å². The number of hydrogen-bond donors (Lipinski definition) is 1. The second-order valence-corrected chi connectivity index (χ2v) is 5.18. The number of hydrogen-bond acceptors (Lipinski definition) is 2. The van der Waals surface area contributed by atoms with Crippen molar-refractivity contribution in [2.24, 2.45) is 0 Å². The van der Waals surface area contributed by atoms with Crippen LogP contribution in [0.15, 0.2) is 42.5 Å². The van der Waals surface area contributed by atoms with Crippen LogP contribution in [0.1, 0.15) is 19.4 Å². The summed E-state index contributed by atoms with van der Waals surface area (Å²) in [4.78, 5) is 25.7. The standard InChI is InChI=1S/C18H22N2O2/c1-3-19-17(21)13-20(4-2)18(22)12-15-10-7-9-14-8-5-6-11-16(14)15/h5-11H,3-4,12-13H2,1-2H3,(H,19,21). The first kappa shape index (κ1) is 16.0. The van der Waals surface area contributed by atoms with Gasteiger partial charge in [-0.15, -0.1) is 0 Å². The van der Waals surface area contributed by atoms with Gasteiger partial charge >= 0.3 is 0 Å². The Morgan fingerprint density at radius 3 is 2.50 bits per heavy atom. The maximum absolute atomic E-state index is 12.5. The second-order valence-electron chi connectivity index (χ2n) is 5.18. The molecule has 116 valence electrons. The topological polar surface area (TPSA) is 49.4 Å². The highest BCUT2D eigenvalue weighted by atomic mass is 16.2. The van der Waals surface area contributed by atoms with E-state index in [4.69, 9.17) is 0 Å². The van der Waals surface area contributed by atoms with E-state index in [9.17, 15) is 9.59 Å². The third kappa shape index (κ3) is 3.85. The number of benzene rings is 2. The van der Waals surface area contributed by atoms with E-state index < -0.39 is 0 Å². The molecule has 2 rings (SSSR count). The van der Waals surface area contributed by atoms with E-state index >= 15 is 0 Å². The molecule has 4 heteroatoms. The molecule has 0 aromatic heterocycles. The minimum absolute atomic E-state index is 0.0230. The van der Waals surface area contributed by atoms with Crippen LogP contribution in [0.2, 0.25) is 0 Å². The molecule has 0 aliphatic carbocycles. The molecule has 0 saturated heterocycles. The van der Waals surface area contributed by atoms with Gasteiger partial charge in [0.25, 0.3) is 0 Å². The average Bonchev–Trinajstić information content (AvgIpc) is 2.53. The number of nitrogens with zero attached hydrogens (tertiary/aromatic N) is 1. The van der Waals surface area contributed by atoms with E-state index in [1.54, 1.807) is 4.90 Å². The minimum Gasteiger partial charge on any atom is -0.355 e. The summed E-state index contributed by atoms with van der Waals surface area (Å²) < 4.78 is 0. The van der Waals surface area contributed by atoms with Crippen molar-refractivity contribution in [3.63, 3.8) is 0 Å². The molecule has 0 radical (unpaired) electrons. The SMILES string of the molecule is CCNC(=O)CN(CC)C(=O)Cc1cccc2ccccc12. The van der Waals surface area contributed by atoms with Crippen LogP contribution >= 0.6 is 0 Å². The predicted molar refractivity (Wildman–Crippen MR) is 88.6 cm³/mol. The lowest BCUT2D eigenvalue weighted by Gasteiger charge is -2.20. The predicted octanol–water partition coefficient (Wildman–Crippen LogP) is 2.37. The first-order valence-electron chi connectivity index (χ1n) is 7.66. The molecule has 4 nitrogen and oxygen atoms in total. The lowest BCUT2D eigenvalue weighted by Crippen LogP contribution is -2.41. The van der Waals surface area contributed by atoms with E-state index in [1.807, 2.05) is 56.3 Å². The smallest absolute Gasteiger partial charge is 0.239 e. The summed E-state index contributed by atoms with van der Waals surface area (Å²) >= 11 is 0. The molecule has 0 atom stereocenters. The van der Waals surface area contributed by atoms with Crippen molar-refractivity contribution in [2.75, 3.05) is 19.6 Å². The van der Waals surface area contributed by atoms with Crippen molar-refractivity contribution in [1.82, 2.24) is 10.2 Å². The first-order valence-corrected chi connectivity index (χ1v) is 7.66. The number of carbonyl (C=O) groups is 2. The highest BCUT2D eigenvalue weighted by molar-refractivity contribution is 5.91. The quantitative estimate of drug-likeness (QED) is 0.890. The third-order valence-electron chi connectivity index (χ3n) is 3.66. The molecule has 0 unspecified atom stereocenters. The van der Waals surface area contributed by atoms with Gasteiger partial charge in [-0.05, 0) is 30.2 Å². The van der Waals surface area contributed by atoms with Crippen LogP contribution in [-0.2, 0) is 16.0 Å². The second kappa shape index (κ2) is 7.59. The van der Waals surface area contributed by atoms with E-state index in [0.717, 1.165) is 16.3 Å². The van der Waals surface area contributed by atoms with Crippen molar-refractivity contribution < 1.29 is 9.59 Å².